The molecule has 0 saturated heterocycles. The molecular formula is C26H37NO4. The molecule has 5 nitrogen and oxygen atoms in total. The number of oxime groups is 1. The van der Waals surface area contributed by atoms with E-state index in [1.54, 1.807) is 0 Å². The molecule has 1 aliphatic rings. The topological polar surface area (TPSA) is 57.1 Å². The lowest BCUT2D eigenvalue weighted by Crippen LogP contribution is -2.46. The molecule has 0 aliphatic heterocycles. The molecule has 0 N–H and O–H groups in total. The van der Waals surface area contributed by atoms with Crippen LogP contribution in [-0.4, -0.2) is 29.8 Å². The van der Waals surface area contributed by atoms with Crippen molar-refractivity contribution in [1.29, 1.82) is 0 Å². The van der Waals surface area contributed by atoms with Crippen LogP contribution in [0.1, 0.15) is 67.9 Å². The third-order valence-electron chi connectivity index (χ3n) is 4.85. The maximum Gasteiger partial charge on any atom is 0.187 e. The molecule has 0 saturated carbocycles. The fourth-order valence-electron chi connectivity index (χ4n) is 3.32. The van der Waals surface area contributed by atoms with Crippen molar-refractivity contribution in [3.05, 3.63) is 59.2 Å². The van der Waals surface area contributed by atoms with Crippen molar-refractivity contribution in [2.75, 3.05) is 7.11 Å². The summed E-state index contributed by atoms with van der Waals surface area (Å²) in [7, 11) is 1.50. The van der Waals surface area contributed by atoms with Gasteiger partial charge < -0.3 is 4.84 Å². The lowest BCUT2D eigenvalue weighted by Gasteiger charge is -2.39. The van der Waals surface area contributed by atoms with Crippen LogP contribution in [0, 0.1) is 10.8 Å². The summed E-state index contributed by atoms with van der Waals surface area (Å²) >= 11 is 0. The molecule has 0 radical (unpaired) electrons. The van der Waals surface area contributed by atoms with E-state index in [4.69, 9.17) is 14.6 Å². The predicted molar refractivity (Wildman–Crippen MR) is 125 cm³/mol. The lowest BCUT2D eigenvalue weighted by atomic mass is 9.68. The Morgan fingerprint density at radius 3 is 1.71 bits per heavy atom. The molecule has 0 aromatic heterocycles. The van der Waals surface area contributed by atoms with Crippen molar-refractivity contribution in [3.8, 4) is 0 Å². The number of Topliss-reactive ketones (excluding diaryl/α,β-unsaturated/α-hetero) is 1. The van der Waals surface area contributed by atoms with Gasteiger partial charge in [-0.25, -0.2) is 9.78 Å². The van der Waals surface area contributed by atoms with E-state index in [1.165, 1.54) is 7.11 Å². The maximum atomic E-state index is 13.5. The first kappa shape index (κ1) is 25.0. The second kappa shape index (κ2) is 8.71. The fourth-order valence-corrected chi connectivity index (χ4v) is 3.32. The van der Waals surface area contributed by atoms with E-state index in [1.807, 2.05) is 105 Å². The van der Waals surface area contributed by atoms with Crippen LogP contribution in [0.15, 0.2) is 58.8 Å². The number of hydrogen-bond acceptors (Lipinski definition) is 5. The van der Waals surface area contributed by atoms with Crippen molar-refractivity contribution in [3.63, 3.8) is 0 Å². The summed E-state index contributed by atoms with van der Waals surface area (Å²) in [5.41, 5.74) is -0.0194. The third-order valence-corrected chi connectivity index (χ3v) is 4.85. The zero-order chi connectivity index (χ0) is 23.7. The summed E-state index contributed by atoms with van der Waals surface area (Å²) in [5.74, 6) is 0.0137. The van der Waals surface area contributed by atoms with Gasteiger partial charge in [0.2, 0.25) is 0 Å². The number of benzene rings is 1. The summed E-state index contributed by atoms with van der Waals surface area (Å²) in [5, 5.41) is 4.36. The van der Waals surface area contributed by atoms with Crippen LogP contribution in [-0.2, 0) is 19.4 Å². The first-order valence-corrected chi connectivity index (χ1v) is 10.7. The van der Waals surface area contributed by atoms with Gasteiger partial charge in [0.15, 0.2) is 11.4 Å². The number of rotatable bonds is 5. The molecule has 31 heavy (non-hydrogen) atoms. The van der Waals surface area contributed by atoms with E-state index in [-0.39, 0.29) is 5.78 Å². The van der Waals surface area contributed by atoms with Gasteiger partial charge in [-0.3, -0.25) is 4.79 Å². The molecule has 1 aromatic rings. The first-order chi connectivity index (χ1) is 14.1. The molecule has 0 fully saturated rings. The van der Waals surface area contributed by atoms with E-state index < -0.39 is 22.0 Å². The molecule has 5 heteroatoms. The minimum atomic E-state index is -1.25. The monoisotopic (exact) mass is 427 g/mol. The zero-order valence-electron chi connectivity index (χ0n) is 20.6. The molecular weight excluding hydrogens is 390 g/mol. The van der Waals surface area contributed by atoms with Gasteiger partial charge in [0.1, 0.15) is 12.8 Å². The Morgan fingerprint density at radius 1 is 0.839 bits per heavy atom. The van der Waals surface area contributed by atoms with Crippen molar-refractivity contribution < 1.29 is 19.4 Å². The van der Waals surface area contributed by atoms with Crippen LogP contribution in [0.3, 0.4) is 0 Å². The first-order valence-electron chi connectivity index (χ1n) is 10.7. The standard InChI is InChI=1S/C26H37NO4/c1-23(2,3)19-16-26(31-30-25(7,8)9,17-20(21(19)28)24(4,5)6)22(27-29-10)18-14-12-11-13-15-18/h11-17H,1-10H3/b27-22+. The minimum absolute atomic E-state index is 0.0137. The van der Waals surface area contributed by atoms with E-state index >= 15 is 0 Å². The summed E-state index contributed by atoms with van der Waals surface area (Å²) in [6.45, 7) is 17.9. The van der Waals surface area contributed by atoms with Gasteiger partial charge in [-0.15, -0.1) is 0 Å². The largest absolute Gasteiger partial charge is 0.399 e. The Labute approximate surface area is 187 Å². The normalized spacial score (nSPS) is 17.9. The fraction of sp³-hybridized carbons (Fsp3) is 0.538. The third kappa shape index (κ3) is 5.92. The molecule has 0 amide bonds. The van der Waals surface area contributed by atoms with Gasteiger partial charge in [-0.1, -0.05) is 77.0 Å². The van der Waals surface area contributed by atoms with Crippen LogP contribution in [0.25, 0.3) is 0 Å². The van der Waals surface area contributed by atoms with E-state index in [2.05, 4.69) is 5.16 Å². The van der Waals surface area contributed by atoms with E-state index in [0.29, 0.717) is 16.9 Å². The van der Waals surface area contributed by atoms with Gasteiger partial charge in [-0.05, 0) is 43.8 Å². The molecule has 2 rings (SSSR count). The SMILES string of the molecule is CO/N=C(\c1ccccc1)C1(OOC(C)(C)C)C=C(C(C)(C)C)C(=O)C(C(C)(C)C)=C1. The van der Waals surface area contributed by atoms with Crippen molar-refractivity contribution in [1.82, 2.24) is 0 Å². The van der Waals surface area contributed by atoms with Gasteiger partial charge in [0.05, 0.1) is 5.60 Å². The van der Waals surface area contributed by atoms with E-state index in [0.717, 1.165) is 5.56 Å². The van der Waals surface area contributed by atoms with Crippen LogP contribution in [0.2, 0.25) is 0 Å². The average Bonchev–Trinajstić information content (AvgIpc) is 2.64. The number of carbonyl (C=O) groups is 1. The number of nitrogens with zero attached hydrogens (tertiary/aromatic N) is 1. The number of allylic oxidation sites excluding steroid dienone is 2. The highest BCUT2D eigenvalue weighted by atomic mass is 17.2. The van der Waals surface area contributed by atoms with Gasteiger partial charge in [-0.2, -0.15) is 0 Å². The van der Waals surface area contributed by atoms with Crippen LogP contribution >= 0.6 is 0 Å². The minimum Gasteiger partial charge on any atom is -0.399 e. The summed E-state index contributed by atoms with van der Waals surface area (Å²) in [6, 6.07) is 9.66. The summed E-state index contributed by atoms with van der Waals surface area (Å²) in [4.78, 5) is 30.8. The Kier molecular flexibility index (Phi) is 7.03. The van der Waals surface area contributed by atoms with Gasteiger partial charge >= 0.3 is 0 Å². The molecule has 0 unspecified atom stereocenters. The molecule has 1 aromatic carbocycles. The van der Waals surface area contributed by atoms with Crippen LogP contribution in [0.4, 0.5) is 0 Å². The Morgan fingerprint density at radius 2 is 1.32 bits per heavy atom. The maximum absolute atomic E-state index is 13.5. The van der Waals surface area contributed by atoms with Crippen molar-refractivity contribution >= 4 is 11.5 Å². The average molecular weight is 428 g/mol. The number of carbonyl (C=O) groups excluding carboxylic acids is 1. The summed E-state index contributed by atoms with van der Waals surface area (Å²) in [6.07, 6.45) is 3.67. The second-order valence-corrected chi connectivity index (χ2v) is 11.0. The highest BCUT2D eigenvalue weighted by Crippen LogP contribution is 2.43. The summed E-state index contributed by atoms with van der Waals surface area (Å²) < 4.78 is 0. The van der Waals surface area contributed by atoms with Gasteiger partial charge in [0.25, 0.3) is 0 Å². The quantitative estimate of drug-likeness (QED) is 0.326. The van der Waals surface area contributed by atoms with E-state index in [9.17, 15) is 4.79 Å². The molecule has 0 spiro atoms. The van der Waals surface area contributed by atoms with Crippen LogP contribution < -0.4 is 0 Å². The zero-order valence-corrected chi connectivity index (χ0v) is 20.6. The molecule has 0 atom stereocenters. The smallest absolute Gasteiger partial charge is 0.187 e. The van der Waals surface area contributed by atoms with Crippen LogP contribution in [0.5, 0.6) is 0 Å². The lowest BCUT2D eigenvalue weighted by molar-refractivity contribution is -0.370. The predicted octanol–water partition coefficient (Wildman–Crippen LogP) is 6.05. The Balaban J connectivity index is 2.89. The molecule has 0 bridgehead atoms. The number of ketones is 1. The van der Waals surface area contributed by atoms with Gasteiger partial charge in [0, 0.05) is 16.7 Å². The Hall–Kier alpha value is -2.24. The van der Waals surface area contributed by atoms with Crippen molar-refractivity contribution in [2.45, 2.75) is 73.5 Å². The highest BCUT2D eigenvalue weighted by molar-refractivity contribution is 6.17. The molecule has 0 heterocycles. The molecule has 170 valence electrons. The molecule has 1 aliphatic carbocycles. The number of hydrogen-bond donors (Lipinski definition) is 0. The second-order valence-electron chi connectivity index (χ2n) is 11.0. The Bertz CT molecular complexity index is 854. The van der Waals surface area contributed by atoms with Crippen molar-refractivity contribution in [2.24, 2.45) is 16.0 Å². The highest BCUT2D eigenvalue weighted by Gasteiger charge is 2.46.